The fraction of sp³-hybridized carbons (Fsp3) is 0.154. The van der Waals surface area contributed by atoms with E-state index in [1.807, 2.05) is 84.1 Å². The van der Waals surface area contributed by atoms with Gasteiger partial charge in [-0.3, -0.25) is 14.5 Å². The van der Waals surface area contributed by atoms with Gasteiger partial charge in [0.25, 0.3) is 11.8 Å². The molecule has 0 radical (unpaired) electrons. The summed E-state index contributed by atoms with van der Waals surface area (Å²) in [5.74, 6) is -0.453. The summed E-state index contributed by atoms with van der Waals surface area (Å²) in [6.45, 7) is 2.92. The van der Waals surface area contributed by atoms with Gasteiger partial charge in [-0.2, -0.15) is 0 Å². The van der Waals surface area contributed by atoms with Crippen LogP contribution in [-0.2, 0) is 16.0 Å². The van der Waals surface area contributed by atoms with Crippen molar-refractivity contribution < 1.29 is 9.59 Å². The van der Waals surface area contributed by atoms with Crippen LogP contribution in [0, 0.1) is 0 Å². The Hall–Kier alpha value is -3.64. The average molecular weight is 442 g/mol. The zero-order valence-electron chi connectivity index (χ0n) is 17.7. The standard InChI is InChI=1S/C26H23N3O2S/c1-2-28(19-9-4-3-5-10-19)24-23(22-13-8-16-32-22)25(30)29(26(24)31)15-14-18-17-27-21-12-7-6-11-20(18)21/h3-13,16-17,27H,2,14-15H2,1H3. The van der Waals surface area contributed by atoms with Gasteiger partial charge in [0.05, 0.1) is 5.57 Å². The summed E-state index contributed by atoms with van der Waals surface area (Å²) < 4.78 is 0. The maximum Gasteiger partial charge on any atom is 0.278 e. The van der Waals surface area contributed by atoms with Gasteiger partial charge in [0.2, 0.25) is 0 Å². The second-order valence-electron chi connectivity index (χ2n) is 7.65. The minimum atomic E-state index is -0.232. The van der Waals surface area contributed by atoms with Crippen LogP contribution in [0.15, 0.2) is 84.0 Å². The van der Waals surface area contributed by atoms with Crippen LogP contribution < -0.4 is 4.90 Å². The number of carbonyl (C=O) groups is 2. The molecule has 0 atom stereocenters. The number of likely N-dealkylation sites (N-methyl/N-ethyl adjacent to an activating group) is 1. The maximum absolute atomic E-state index is 13.6. The third-order valence-corrected chi connectivity index (χ3v) is 6.73. The van der Waals surface area contributed by atoms with Crippen LogP contribution in [0.3, 0.4) is 0 Å². The second-order valence-corrected chi connectivity index (χ2v) is 8.60. The molecule has 2 aromatic heterocycles. The first-order valence-electron chi connectivity index (χ1n) is 10.7. The summed E-state index contributed by atoms with van der Waals surface area (Å²) in [4.78, 5) is 34.6. The van der Waals surface area contributed by atoms with Gasteiger partial charge in [0, 0.05) is 40.8 Å². The highest BCUT2D eigenvalue weighted by atomic mass is 32.1. The molecule has 0 unspecified atom stereocenters. The zero-order chi connectivity index (χ0) is 22.1. The highest BCUT2D eigenvalue weighted by molar-refractivity contribution is 7.11. The number of nitrogens with one attached hydrogen (secondary N) is 1. The van der Waals surface area contributed by atoms with Crippen molar-refractivity contribution in [3.05, 3.63) is 94.4 Å². The van der Waals surface area contributed by atoms with Crippen molar-refractivity contribution in [3.8, 4) is 0 Å². The summed E-state index contributed by atoms with van der Waals surface area (Å²) in [5, 5.41) is 3.06. The Labute approximate surface area is 190 Å². The van der Waals surface area contributed by atoms with Crippen LogP contribution in [0.5, 0.6) is 0 Å². The van der Waals surface area contributed by atoms with Crippen molar-refractivity contribution in [3.63, 3.8) is 0 Å². The number of rotatable bonds is 7. The lowest BCUT2D eigenvalue weighted by molar-refractivity contribution is -0.136. The molecule has 6 heteroatoms. The maximum atomic E-state index is 13.6. The number of thiophene rings is 1. The van der Waals surface area contributed by atoms with Crippen LogP contribution in [0.2, 0.25) is 0 Å². The third kappa shape index (κ3) is 3.42. The number of H-pyrrole nitrogens is 1. The van der Waals surface area contributed by atoms with Crippen LogP contribution >= 0.6 is 11.3 Å². The van der Waals surface area contributed by atoms with Crippen molar-refractivity contribution in [1.82, 2.24) is 9.88 Å². The van der Waals surface area contributed by atoms with E-state index >= 15 is 0 Å². The lowest BCUT2D eigenvalue weighted by Gasteiger charge is -2.24. The number of fused-ring (bicyclic) bond motifs is 1. The number of aromatic nitrogens is 1. The lowest BCUT2D eigenvalue weighted by Crippen LogP contribution is -2.36. The minimum absolute atomic E-state index is 0.221. The van der Waals surface area contributed by atoms with Crippen molar-refractivity contribution in [2.24, 2.45) is 0 Å². The molecule has 2 amide bonds. The van der Waals surface area contributed by atoms with Crippen molar-refractivity contribution in [2.45, 2.75) is 13.3 Å². The first-order valence-corrected chi connectivity index (χ1v) is 11.6. The first-order chi connectivity index (χ1) is 15.7. The van der Waals surface area contributed by atoms with Gasteiger partial charge in [0.15, 0.2) is 0 Å². The predicted octanol–water partition coefficient (Wildman–Crippen LogP) is 5.08. The third-order valence-electron chi connectivity index (χ3n) is 5.84. The first kappa shape index (κ1) is 20.3. The molecule has 3 heterocycles. The monoisotopic (exact) mass is 441 g/mol. The highest BCUT2D eigenvalue weighted by Crippen LogP contribution is 2.36. The van der Waals surface area contributed by atoms with E-state index in [-0.39, 0.29) is 11.8 Å². The average Bonchev–Trinajstić information content (AvgIpc) is 3.54. The molecule has 4 aromatic rings. The molecule has 1 N–H and O–H groups in total. The molecule has 0 bridgehead atoms. The summed E-state index contributed by atoms with van der Waals surface area (Å²) in [6, 6.07) is 21.7. The molecule has 1 aliphatic heterocycles. The number of hydrogen-bond acceptors (Lipinski definition) is 4. The topological polar surface area (TPSA) is 56.4 Å². The largest absolute Gasteiger partial charge is 0.361 e. The second kappa shape index (κ2) is 8.48. The summed E-state index contributed by atoms with van der Waals surface area (Å²) in [7, 11) is 0. The molecule has 1 aliphatic rings. The van der Waals surface area contributed by atoms with E-state index in [4.69, 9.17) is 0 Å². The van der Waals surface area contributed by atoms with Gasteiger partial charge in [0.1, 0.15) is 5.70 Å². The van der Waals surface area contributed by atoms with Gasteiger partial charge >= 0.3 is 0 Å². The van der Waals surface area contributed by atoms with Crippen molar-refractivity contribution >= 4 is 45.3 Å². The van der Waals surface area contributed by atoms with Crippen LogP contribution in [-0.4, -0.2) is 34.8 Å². The van der Waals surface area contributed by atoms with Crippen molar-refractivity contribution in [2.75, 3.05) is 18.0 Å². The molecule has 2 aromatic carbocycles. The number of hydrogen-bond donors (Lipinski definition) is 1. The molecule has 0 spiro atoms. The van der Waals surface area contributed by atoms with E-state index in [0.717, 1.165) is 27.0 Å². The molecular formula is C26H23N3O2S. The summed E-state index contributed by atoms with van der Waals surface area (Å²) in [6.07, 6.45) is 2.57. The molecule has 5 rings (SSSR count). The molecule has 0 saturated heterocycles. The molecule has 0 aliphatic carbocycles. The number of amides is 2. The summed E-state index contributed by atoms with van der Waals surface area (Å²) >= 11 is 1.48. The molecule has 5 nitrogen and oxygen atoms in total. The quantitative estimate of drug-likeness (QED) is 0.407. The van der Waals surface area contributed by atoms with E-state index < -0.39 is 0 Å². The van der Waals surface area contributed by atoms with E-state index in [9.17, 15) is 9.59 Å². The minimum Gasteiger partial charge on any atom is -0.361 e. The Kier molecular flexibility index (Phi) is 5.37. The predicted molar refractivity (Wildman–Crippen MR) is 129 cm³/mol. The number of para-hydroxylation sites is 2. The van der Waals surface area contributed by atoms with Gasteiger partial charge in [-0.15, -0.1) is 11.3 Å². The molecule has 0 fully saturated rings. The highest BCUT2D eigenvalue weighted by Gasteiger charge is 2.41. The van der Waals surface area contributed by atoms with Crippen LogP contribution in [0.4, 0.5) is 5.69 Å². The van der Waals surface area contributed by atoms with Crippen LogP contribution in [0.1, 0.15) is 17.4 Å². The number of aromatic amines is 1. The molecule has 160 valence electrons. The van der Waals surface area contributed by atoms with E-state index in [0.29, 0.717) is 30.8 Å². The van der Waals surface area contributed by atoms with Crippen LogP contribution in [0.25, 0.3) is 16.5 Å². The number of nitrogens with zero attached hydrogens (tertiary/aromatic N) is 2. The van der Waals surface area contributed by atoms with Gasteiger partial charge in [-0.05, 0) is 48.6 Å². The smallest absolute Gasteiger partial charge is 0.278 e. The van der Waals surface area contributed by atoms with E-state index in [1.54, 1.807) is 0 Å². The normalized spacial score (nSPS) is 14.1. The Morgan fingerprint density at radius 3 is 2.47 bits per heavy atom. The van der Waals surface area contributed by atoms with Gasteiger partial charge in [-0.1, -0.05) is 42.5 Å². The zero-order valence-corrected chi connectivity index (χ0v) is 18.6. The van der Waals surface area contributed by atoms with Gasteiger partial charge in [-0.25, -0.2) is 0 Å². The van der Waals surface area contributed by atoms with Crippen molar-refractivity contribution in [1.29, 1.82) is 0 Å². The molecule has 32 heavy (non-hydrogen) atoms. The Bertz CT molecular complexity index is 1310. The number of imide groups is 1. The van der Waals surface area contributed by atoms with E-state index in [2.05, 4.69) is 11.1 Å². The summed E-state index contributed by atoms with van der Waals surface area (Å²) in [5.41, 5.74) is 4.02. The molecule has 0 saturated carbocycles. The Balaban J connectivity index is 1.49. The Morgan fingerprint density at radius 1 is 0.938 bits per heavy atom. The number of carbonyl (C=O) groups excluding carboxylic acids is 2. The fourth-order valence-electron chi connectivity index (χ4n) is 4.31. The SMILES string of the molecule is CCN(C1=C(c2cccs2)C(=O)N(CCc2c[nH]c3ccccc23)C1=O)c1ccccc1. The Morgan fingerprint density at radius 2 is 1.72 bits per heavy atom. The lowest BCUT2D eigenvalue weighted by atomic mass is 10.1. The fourth-order valence-corrected chi connectivity index (χ4v) is 5.07. The van der Waals surface area contributed by atoms with E-state index in [1.165, 1.54) is 16.2 Å². The van der Waals surface area contributed by atoms with Gasteiger partial charge < -0.3 is 9.88 Å². The number of benzene rings is 2. The molecular weight excluding hydrogens is 418 g/mol. The number of anilines is 1.